The smallest absolute Gasteiger partial charge is 0.354 e. The van der Waals surface area contributed by atoms with Crippen molar-refractivity contribution in [3.63, 3.8) is 0 Å². The number of pyridine rings is 2. The summed E-state index contributed by atoms with van der Waals surface area (Å²) in [7, 11) is 0. The first kappa shape index (κ1) is 33.1. The van der Waals surface area contributed by atoms with E-state index in [1.165, 1.54) is 6.07 Å². The summed E-state index contributed by atoms with van der Waals surface area (Å²) in [6.45, 7) is 6.43. The molecule has 2 N–H and O–H groups in total. The van der Waals surface area contributed by atoms with E-state index in [0.29, 0.717) is 97.0 Å². The summed E-state index contributed by atoms with van der Waals surface area (Å²) < 4.78 is 23.5. The zero-order chi connectivity index (χ0) is 31.0. The van der Waals surface area contributed by atoms with Gasteiger partial charge in [-0.3, -0.25) is 14.6 Å². The first-order valence-corrected chi connectivity index (χ1v) is 14.7. The number of aromatic hydroxyl groups is 1. The summed E-state index contributed by atoms with van der Waals surface area (Å²) in [5, 5.41) is 19.4. The number of aldehydes is 1. The first-order valence-electron chi connectivity index (χ1n) is 14.7. The average Bonchev–Trinajstić information content (AvgIpc) is 3.03. The molecule has 1 atom stereocenters. The number of rotatable bonds is 7. The molecule has 1 saturated heterocycles. The molecule has 1 aliphatic rings. The van der Waals surface area contributed by atoms with E-state index in [2.05, 4.69) is 19.8 Å². The number of ether oxygens (including phenoxy) is 4. The topological polar surface area (TPSA) is 144 Å². The van der Waals surface area contributed by atoms with Crippen molar-refractivity contribution in [1.82, 2.24) is 19.8 Å². The molecule has 1 aromatic carbocycles. The van der Waals surface area contributed by atoms with Gasteiger partial charge in [0.2, 0.25) is 0 Å². The van der Waals surface area contributed by atoms with Crippen LogP contribution in [0.4, 0.5) is 0 Å². The molecule has 3 aromatic rings. The molecule has 0 saturated carbocycles. The summed E-state index contributed by atoms with van der Waals surface area (Å²) in [6.07, 6.45) is 0.745. The molecule has 1 aliphatic heterocycles. The van der Waals surface area contributed by atoms with Crippen molar-refractivity contribution in [2.24, 2.45) is 0 Å². The van der Waals surface area contributed by atoms with E-state index in [9.17, 15) is 19.8 Å². The average molecular weight is 609 g/mol. The van der Waals surface area contributed by atoms with Gasteiger partial charge in [-0.1, -0.05) is 24.3 Å². The number of carboxylic acids is 1. The molecular weight excluding hydrogens is 568 g/mol. The van der Waals surface area contributed by atoms with Crippen LogP contribution in [0.2, 0.25) is 0 Å². The molecule has 0 amide bonds. The number of carbonyl (C=O) groups excluding carboxylic acids is 1. The van der Waals surface area contributed by atoms with Crippen molar-refractivity contribution in [2.75, 3.05) is 79.0 Å². The van der Waals surface area contributed by atoms with Gasteiger partial charge in [-0.15, -0.1) is 0 Å². The van der Waals surface area contributed by atoms with E-state index >= 15 is 0 Å². The van der Waals surface area contributed by atoms with Crippen molar-refractivity contribution in [3.05, 3.63) is 89.0 Å². The van der Waals surface area contributed by atoms with Crippen LogP contribution in [-0.2, 0) is 25.5 Å². The lowest BCUT2D eigenvalue weighted by Crippen LogP contribution is -2.36. The minimum Gasteiger partial charge on any atom is -0.508 e. The van der Waals surface area contributed by atoms with E-state index in [0.717, 1.165) is 17.5 Å². The number of phenols is 1. The fraction of sp³-hybridized carbons (Fsp3) is 0.438. The molecule has 0 aliphatic carbocycles. The highest BCUT2D eigenvalue weighted by atomic mass is 16.5. The van der Waals surface area contributed by atoms with Gasteiger partial charge in [-0.2, -0.15) is 0 Å². The summed E-state index contributed by atoms with van der Waals surface area (Å²) >= 11 is 0. The SMILES string of the molecule is O=Cc1cccc(CN2CCOCCOCCN(C(c3ccc(O)cc3)c3cccc(C(=O)O)n3)CCOCCOCC2)n1. The Morgan fingerprint density at radius 3 is 1.95 bits per heavy atom. The molecule has 2 aromatic heterocycles. The molecule has 236 valence electrons. The van der Waals surface area contributed by atoms with Crippen molar-refractivity contribution < 1.29 is 38.7 Å². The number of aromatic carboxylic acids is 1. The van der Waals surface area contributed by atoms with Crippen LogP contribution in [0.3, 0.4) is 0 Å². The van der Waals surface area contributed by atoms with Crippen LogP contribution in [0.5, 0.6) is 5.75 Å². The van der Waals surface area contributed by atoms with Gasteiger partial charge in [0.15, 0.2) is 6.29 Å². The number of phenolic OH excluding ortho intramolecular Hbond substituents is 1. The van der Waals surface area contributed by atoms with E-state index in [1.807, 2.05) is 24.3 Å². The van der Waals surface area contributed by atoms with Crippen LogP contribution in [-0.4, -0.2) is 121 Å². The van der Waals surface area contributed by atoms with Crippen molar-refractivity contribution in [2.45, 2.75) is 12.6 Å². The number of carboxylic acid groups (broad SMARTS) is 1. The highest BCUT2D eigenvalue weighted by Crippen LogP contribution is 2.29. The summed E-state index contributed by atoms with van der Waals surface area (Å²) in [4.78, 5) is 35.9. The molecule has 12 heteroatoms. The monoisotopic (exact) mass is 608 g/mol. The quantitative estimate of drug-likeness (QED) is 0.381. The fourth-order valence-corrected chi connectivity index (χ4v) is 4.86. The van der Waals surface area contributed by atoms with E-state index in [-0.39, 0.29) is 11.4 Å². The minimum atomic E-state index is -1.10. The molecule has 0 radical (unpaired) electrons. The normalized spacial score (nSPS) is 18.1. The number of hydrogen-bond acceptors (Lipinski definition) is 11. The van der Waals surface area contributed by atoms with E-state index in [4.69, 9.17) is 18.9 Å². The number of benzene rings is 1. The largest absolute Gasteiger partial charge is 0.508 e. The number of nitrogens with zero attached hydrogens (tertiary/aromatic N) is 4. The van der Waals surface area contributed by atoms with Gasteiger partial charge in [0, 0.05) is 32.7 Å². The second kappa shape index (κ2) is 18.1. The number of hydrogen-bond donors (Lipinski definition) is 2. The molecule has 3 heterocycles. The number of aromatic nitrogens is 2. The van der Waals surface area contributed by atoms with Gasteiger partial charge in [0.05, 0.1) is 70.3 Å². The van der Waals surface area contributed by atoms with Gasteiger partial charge in [0.1, 0.15) is 17.1 Å². The van der Waals surface area contributed by atoms with Crippen molar-refractivity contribution in [1.29, 1.82) is 0 Å². The maximum atomic E-state index is 11.7. The Labute approximate surface area is 257 Å². The predicted octanol–water partition coefficient (Wildman–Crippen LogP) is 2.67. The van der Waals surface area contributed by atoms with Gasteiger partial charge in [0.25, 0.3) is 0 Å². The predicted molar refractivity (Wildman–Crippen MR) is 161 cm³/mol. The molecule has 12 nitrogen and oxygen atoms in total. The van der Waals surface area contributed by atoms with Crippen LogP contribution in [0.15, 0.2) is 60.7 Å². The third-order valence-corrected chi connectivity index (χ3v) is 7.07. The van der Waals surface area contributed by atoms with Gasteiger partial charge in [-0.05, 0) is 42.0 Å². The zero-order valence-electron chi connectivity index (χ0n) is 24.8. The van der Waals surface area contributed by atoms with Crippen LogP contribution in [0, 0.1) is 0 Å². The molecule has 44 heavy (non-hydrogen) atoms. The van der Waals surface area contributed by atoms with Crippen LogP contribution >= 0.6 is 0 Å². The van der Waals surface area contributed by atoms with E-state index in [1.54, 1.807) is 30.3 Å². The molecule has 1 unspecified atom stereocenters. The first-order chi connectivity index (χ1) is 21.5. The maximum absolute atomic E-state index is 11.7. The lowest BCUT2D eigenvalue weighted by molar-refractivity contribution is 0.00331. The Balaban J connectivity index is 1.40. The summed E-state index contributed by atoms with van der Waals surface area (Å²) in [5.41, 5.74) is 2.59. The summed E-state index contributed by atoms with van der Waals surface area (Å²) in [5.74, 6) is -0.965. The third-order valence-electron chi connectivity index (χ3n) is 7.07. The number of carbonyl (C=O) groups is 2. The molecule has 1 fully saturated rings. The standard InChI is InChI=1S/C32H40N4O8/c37-24-27-4-1-3-26(33-27)23-35-11-15-41-19-21-43-17-13-36(14-18-44-22-20-42-16-12-35)31(25-7-9-28(38)10-8-25)29-5-2-6-30(34-29)32(39)40/h1-10,24,31,38H,11-23H2,(H,39,40). The second-order valence-corrected chi connectivity index (χ2v) is 10.2. The van der Waals surface area contributed by atoms with E-state index < -0.39 is 12.0 Å². The second-order valence-electron chi connectivity index (χ2n) is 10.2. The lowest BCUT2D eigenvalue weighted by Gasteiger charge is -2.32. The Morgan fingerprint density at radius 2 is 1.36 bits per heavy atom. The Kier molecular flexibility index (Phi) is 13.6. The Hall–Kier alpha value is -3.78. The zero-order valence-corrected chi connectivity index (χ0v) is 24.8. The van der Waals surface area contributed by atoms with Crippen LogP contribution in [0.25, 0.3) is 0 Å². The minimum absolute atomic E-state index is 0.0428. The molecule has 4 rings (SSSR count). The molecule has 0 bridgehead atoms. The van der Waals surface area contributed by atoms with Gasteiger partial charge < -0.3 is 29.2 Å². The molecular formula is C32H40N4O8. The fourth-order valence-electron chi connectivity index (χ4n) is 4.86. The van der Waals surface area contributed by atoms with Gasteiger partial charge in [-0.25, -0.2) is 14.8 Å². The summed E-state index contributed by atoms with van der Waals surface area (Å²) in [6, 6.07) is 16.8. The van der Waals surface area contributed by atoms with Gasteiger partial charge >= 0.3 is 5.97 Å². The third kappa shape index (κ3) is 10.7. The van der Waals surface area contributed by atoms with Crippen LogP contribution < -0.4 is 0 Å². The molecule has 0 spiro atoms. The highest BCUT2D eigenvalue weighted by molar-refractivity contribution is 5.85. The Morgan fingerprint density at radius 1 is 0.773 bits per heavy atom. The van der Waals surface area contributed by atoms with Crippen LogP contribution in [0.1, 0.15) is 44.0 Å². The highest BCUT2D eigenvalue weighted by Gasteiger charge is 2.25. The van der Waals surface area contributed by atoms with Crippen molar-refractivity contribution in [3.8, 4) is 5.75 Å². The Bertz CT molecular complexity index is 1290. The van der Waals surface area contributed by atoms with Crippen molar-refractivity contribution >= 4 is 12.3 Å². The lowest BCUT2D eigenvalue weighted by atomic mass is 10.0. The maximum Gasteiger partial charge on any atom is 0.354 e.